The van der Waals surface area contributed by atoms with Gasteiger partial charge in [0.1, 0.15) is 5.75 Å². The van der Waals surface area contributed by atoms with Crippen LogP contribution in [0.15, 0.2) is 18.2 Å². The van der Waals surface area contributed by atoms with Crippen LogP contribution in [0, 0.1) is 13.0 Å². The van der Waals surface area contributed by atoms with Crippen LogP contribution in [0.3, 0.4) is 0 Å². The largest absolute Gasteiger partial charge is 0.473 e. The minimum Gasteiger partial charge on any atom is -0.473 e. The van der Waals surface area contributed by atoms with Gasteiger partial charge < -0.3 is 4.52 Å². The van der Waals surface area contributed by atoms with Gasteiger partial charge in [0.25, 0.3) is 0 Å². The second-order valence-corrected chi connectivity index (χ2v) is 7.34. The zero-order chi connectivity index (χ0) is 11.4. The highest BCUT2D eigenvalue weighted by Crippen LogP contribution is 2.47. The van der Waals surface area contributed by atoms with Gasteiger partial charge in [-0.15, -0.1) is 0 Å². The van der Waals surface area contributed by atoms with Gasteiger partial charge in [-0.3, -0.25) is 0 Å². The van der Waals surface area contributed by atoms with Gasteiger partial charge in [0.05, 0.1) is 8.15 Å². The third-order valence-electron chi connectivity index (χ3n) is 2.15. The van der Waals surface area contributed by atoms with Crippen molar-refractivity contribution in [1.82, 2.24) is 0 Å². The maximum atomic E-state index is 6.03. The molecule has 0 amide bonds. The monoisotopic (exact) mass is 223 g/mol. The predicted octanol–water partition coefficient (Wildman–Crippen LogP) is 4.39. The molecule has 1 rings (SSSR count). The van der Waals surface area contributed by atoms with Gasteiger partial charge >= 0.3 is 0 Å². The van der Waals surface area contributed by atoms with Crippen LogP contribution in [0.1, 0.15) is 33.3 Å². The summed E-state index contributed by atoms with van der Waals surface area (Å²) in [5.74, 6) is 0.892. The van der Waals surface area contributed by atoms with Crippen LogP contribution in [0.5, 0.6) is 5.75 Å². The molecule has 0 aromatic heterocycles. The molecular weight excluding hydrogens is 203 g/mol. The summed E-state index contributed by atoms with van der Waals surface area (Å²) in [5, 5.41) is 0. The van der Waals surface area contributed by atoms with E-state index in [2.05, 4.69) is 46.8 Å². The lowest BCUT2D eigenvalue weighted by Gasteiger charge is -2.25. The molecule has 1 nitrogen and oxygen atoms in total. The Kier molecular flexibility index (Phi) is 4.60. The van der Waals surface area contributed by atoms with Crippen molar-refractivity contribution in [3.8, 4) is 5.75 Å². The van der Waals surface area contributed by atoms with Crippen LogP contribution in [0.25, 0.3) is 0 Å². The first-order chi connectivity index (χ1) is 7.00. The third-order valence-corrected chi connectivity index (χ3v) is 4.60. The van der Waals surface area contributed by atoms with Crippen LogP contribution in [-0.2, 0) is 0 Å². The van der Waals surface area contributed by atoms with E-state index in [4.69, 9.17) is 4.52 Å². The van der Waals surface area contributed by atoms with Crippen molar-refractivity contribution in [2.75, 3.05) is 0 Å². The summed E-state index contributed by atoms with van der Waals surface area (Å²) in [5.41, 5.74) is 2.41. The average molecular weight is 223 g/mol. The van der Waals surface area contributed by atoms with Gasteiger partial charge in [0, 0.05) is 17.4 Å². The first-order valence-corrected chi connectivity index (χ1v) is 6.85. The van der Waals surface area contributed by atoms with Gasteiger partial charge in [-0.05, 0) is 18.6 Å². The van der Waals surface area contributed by atoms with E-state index in [-0.39, 0.29) is 0 Å². The molecule has 15 heavy (non-hydrogen) atoms. The zero-order valence-electron chi connectivity index (χ0n) is 10.2. The zero-order valence-corrected chi connectivity index (χ0v) is 11.1. The van der Waals surface area contributed by atoms with Crippen molar-refractivity contribution in [2.45, 2.75) is 45.9 Å². The first kappa shape index (κ1) is 12.5. The molecule has 0 saturated carbocycles. The normalized spacial score (nSPS) is 11.5. The molecule has 0 fully saturated rings. The van der Waals surface area contributed by atoms with Crippen LogP contribution in [0.4, 0.5) is 0 Å². The highest BCUT2D eigenvalue weighted by Gasteiger charge is 2.19. The Bertz CT molecular complexity index is 299. The van der Waals surface area contributed by atoms with E-state index < -0.39 is 8.15 Å². The van der Waals surface area contributed by atoms with E-state index in [9.17, 15) is 0 Å². The molecule has 1 radical (unpaired) electrons. The summed E-state index contributed by atoms with van der Waals surface area (Å²) in [6, 6.07) is 9.17. The van der Waals surface area contributed by atoms with Gasteiger partial charge in [0.2, 0.25) is 0 Å². The summed E-state index contributed by atoms with van der Waals surface area (Å²) < 4.78 is 6.03. The van der Waals surface area contributed by atoms with Crippen molar-refractivity contribution in [2.24, 2.45) is 0 Å². The maximum Gasteiger partial charge on any atom is 0.131 e. The Morgan fingerprint density at radius 1 is 1.20 bits per heavy atom. The first-order valence-electron chi connectivity index (χ1n) is 5.45. The number of benzene rings is 1. The van der Waals surface area contributed by atoms with Crippen LogP contribution in [0.2, 0.25) is 0 Å². The molecule has 0 atom stereocenters. The molecule has 0 saturated heterocycles. The van der Waals surface area contributed by atoms with E-state index in [1.165, 1.54) is 5.56 Å². The maximum absolute atomic E-state index is 6.03. The summed E-state index contributed by atoms with van der Waals surface area (Å²) in [7, 11) is -0.399. The number of aryl methyl sites for hydroxylation is 1. The molecule has 2 heteroatoms. The van der Waals surface area contributed by atoms with Gasteiger partial charge in [0.15, 0.2) is 0 Å². The Balaban J connectivity index is 2.74. The van der Waals surface area contributed by atoms with Crippen LogP contribution < -0.4 is 4.52 Å². The van der Waals surface area contributed by atoms with Gasteiger partial charge in [-0.1, -0.05) is 39.8 Å². The average Bonchev–Trinajstić information content (AvgIpc) is 2.13. The predicted molar refractivity (Wildman–Crippen MR) is 67.8 cm³/mol. The second-order valence-electron chi connectivity index (χ2n) is 4.37. The lowest BCUT2D eigenvalue weighted by molar-refractivity contribution is 0.591. The number of rotatable bonds is 4. The topological polar surface area (TPSA) is 9.23 Å². The molecule has 0 heterocycles. The van der Waals surface area contributed by atoms with Crippen molar-refractivity contribution < 1.29 is 4.52 Å². The molecule has 0 unspecified atom stereocenters. The molecule has 0 aliphatic rings. The standard InChI is InChI=1S/C13H20OP/c1-10(2)15(11(3)4)14-13-8-6-7-12(5)9-13/h6-7,9-11H,1-5H3. The third kappa shape index (κ3) is 3.83. The minimum atomic E-state index is -0.399. The van der Waals surface area contributed by atoms with E-state index in [1.54, 1.807) is 0 Å². The van der Waals surface area contributed by atoms with Crippen molar-refractivity contribution in [1.29, 1.82) is 0 Å². The van der Waals surface area contributed by atoms with Crippen molar-refractivity contribution >= 4 is 8.15 Å². The molecule has 83 valence electrons. The summed E-state index contributed by atoms with van der Waals surface area (Å²) >= 11 is 0. The van der Waals surface area contributed by atoms with Crippen LogP contribution >= 0.6 is 8.15 Å². The second kappa shape index (κ2) is 5.51. The SMILES string of the molecule is Cc1cc[c]c(OP(C(C)C)C(C)C)c1. The summed E-state index contributed by atoms with van der Waals surface area (Å²) in [6.07, 6.45) is 0. The van der Waals surface area contributed by atoms with Gasteiger partial charge in [-0.2, -0.15) is 0 Å². The van der Waals surface area contributed by atoms with Gasteiger partial charge in [-0.25, -0.2) is 0 Å². The molecule has 0 aliphatic heterocycles. The minimum absolute atomic E-state index is 0.399. The molecule has 0 aliphatic carbocycles. The Hall–Kier alpha value is -0.550. The Labute approximate surface area is 94.7 Å². The Morgan fingerprint density at radius 2 is 1.80 bits per heavy atom. The van der Waals surface area contributed by atoms with Crippen LogP contribution in [-0.4, -0.2) is 11.3 Å². The molecular formula is C13H20OP. The number of hydrogen-bond acceptors (Lipinski definition) is 1. The molecule has 0 N–H and O–H groups in total. The lowest BCUT2D eigenvalue weighted by atomic mass is 10.2. The van der Waals surface area contributed by atoms with Crippen molar-refractivity contribution in [3.63, 3.8) is 0 Å². The van der Waals surface area contributed by atoms with E-state index in [1.807, 2.05) is 12.1 Å². The Morgan fingerprint density at radius 3 is 2.27 bits per heavy atom. The number of hydrogen-bond donors (Lipinski definition) is 0. The lowest BCUT2D eigenvalue weighted by Crippen LogP contribution is -2.08. The highest BCUT2D eigenvalue weighted by molar-refractivity contribution is 7.54. The molecule has 1 aromatic carbocycles. The molecule has 0 bridgehead atoms. The fourth-order valence-corrected chi connectivity index (χ4v) is 3.47. The fourth-order valence-electron chi connectivity index (χ4n) is 1.53. The van der Waals surface area contributed by atoms with E-state index in [0.717, 1.165) is 5.75 Å². The van der Waals surface area contributed by atoms with E-state index >= 15 is 0 Å². The summed E-state index contributed by atoms with van der Waals surface area (Å²) in [4.78, 5) is 0. The fraction of sp³-hybridized carbons (Fsp3) is 0.538. The van der Waals surface area contributed by atoms with E-state index in [0.29, 0.717) is 11.3 Å². The summed E-state index contributed by atoms with van der Waals surface area (Å²) in [6.45, 7) is 11.0. The quantitative estimate of drug-likeness (QED) is 0.688. The molecule has 0 spiro atoms. The molecule has 1 aromatic rings. The van der Waals surface area contributed by atoms with Crippen molar-refractivity contribution in [3.05, 3.63) is 29.8 Å². The smallest absolute Gasteiger partial charge is 0.131 e. The highest BCUT2D eigenvalue weighted by atomic mass is 31.1.